The van der Waals surface area contributed by atoms with Gasteiger partial charge in [-0.15, -0.1) is 0 Å². The van der Waals surface area contributed by atoms with Crippen molar-refractivity contribution in [2.24, 2.45) is 0 Å². The molecular formula is C27H31ClN2O5. The van der Waals surface area contributed by atoms with E-state index in [4.69, 9.17) is 21.1 Å². The largest absolute Gasteiger partial charge is 0.507 e. The zero-order chi connectivity index (χ0) is 24.9. The molecule has 35 heavy (non-hydrogen) atoms. The maximum atomic E-state index is 13.2. The predicted molar refractivity (Wildman–Crippen MR) is 135 cm³/mol. The Hall–Kier alpha value is -2.87. The minimum Gasteiger partial charge on any atom is -0.507 e. The fourth-order valence-electron chi connectivity index (χ4n) is 4.51. The van der Waals surface area contributed by atoms with Gasteiger partial charge in [0.2, 0.25) is 0 Å². The van der Waals surface area contributed by atoms with Gasteiger partial charge in [0.15, 0.2) is 0 Å². The minimum atomic E-state index is -0.691. The molecule has 2 aromatic carbocycles. The molecular weight excluding hydrogens is 468 g/mol. The molecule has 0 radical (unpaired) electrons. The SMILES string of the molecule is CC(C)Oc1ccc(/C(O)=C2\C(=O)C(=O)N(CCCN3CCOCC3)[C@@H]2c2ccc(Cl)cc2)cc1. The second-order valence-corrected chi connectivity index (χ2v) is 9.48. The molecule has 2 aliphatic heterocycles. The average molecular weight is 499 g/mol. The van der Waals surface area contributed by atoms with E-state index in [9.17, 15) is 14.7 Å². The number of rotatable bonds is 8. The van der Waals surface area contributed by atoms with Crippen LogP contribution in [0.1, 0.15) is 37.4 Å². The Balaban J connectivity index is 1.64. The van der Waals surface area contributed by atoms with Crippen molar-refractivity contribution in [2.45, 2.75) is 32.4 Å². The van der Waals surface area contributed by atoms with Crippen LogP contribution in [0.5, 0.6) is 5.75 Å². The fourth-order valence-corrected chi connectivity index (χ4v) is 4.64. The first kappa shape index (κ1) is 25.2. The Morgan fingerprint density at radius 3 is 2.34 bits per heavy atom. The maximum Gasteiger partial charge on any atom is 0.295 e. The molecule has 0 aliphatic carbocycles. The number of halogens is 1. The first-order chi connectivity index (χ1) is 16.8. The van der Waals surface area contributed by atoms with Gasteiger partial charge in [0.1, 0.15) is 11.5 Å². The number of aliphatic hydroxyl groups excluding tert-OH is 1. The van der Waals surface area contributed by atoms with Crippen molar-refractivity contribution in [3.05, 3.63) is 70.3 Å². The summed E-state index contributed by atoms with van der Waals surface area (Å²) in [6, 6.07) is 13.2. The van der Waals surface area contributed by atoms with Crippen molar-refractivity contribution >= 4 is 29.1 Å². The van der Waals surface area contributed by atoms with Crippen LogP contribution in [0.25, 0.3) is 5.76 Å². The van der Waals surface area contributed by atoms with Gasteiger partial charge in [-0.2, -0.15) is 0 Å². The van der Waals surface area contributed by atoms with Crippen LogP contribution in [0.15, 0.2) is 54.1 Å². The van der Waals surface area contributed by atoms with E-state index in [1.807, 2.05) is 13.8 Å². The highest BCUT2D eigenvalue weighted by Crippen LogP contribution is 2.40. The Morgan fingerprint density at radius 2 is 1.71 bits per heavy atom. The van der Waals surface area contributed by atoms with Gasteiger partial charge >= 0.3 is 0 Å². The fraction of sp³-hybridized carbons (Fsp3) is 0.407. The van der Waals surface area contributed by atoms with E-state index in [1.54, 1.807) is 53.4 Å². The van der Waals surface area contributed by atoms with Crippen molar-refractivity contribution in [2.75, 3.05) is 39.4 Å². The van der Waals surface area contributed by atoms with Crippen molar-refractivity contribution in [3.63, 3.8) is 0 Å². The Kier molecular flexibility index (Phi) is 8.11. The summed E-state index contributed by atoms with van der Waals surface area (Å²) in [5.74, 6) is -0.825. The molecule has 2 fully saturated rings. The first-order valence-electron chi connectivity index (χ1n) is 12.0. The number of likely N-dealkylation sites (tertiary alicyclic amines) is 1. The molecule has 2 aliphatic rings. The molecule has 1 atom stereocenters. The lowest BCUT2D eigenvalue weighted by molar-refractivity contribution is -0.140. The molecule has 0 aromatic heterocycles. The van der Waals surface area contributed by atoms with E-state index in [0.29, 0.717) is 42.5 Å². The van der Waals surface area contributed by atoms with E-state index in [1.165, 1.54) is 0 Å². The van der Waals surface area contributed by atoms with Gasteiger partial charge in [-0.3, -0.25) is 14.5 Å². The molecule has 0 spiro atoms. The highest BCUT2D eigenvalue weighted by molar-refractivity contribution is 6.46. The van der Waals surface area contributed by atoms with Crippen LogP contribution in [-0.2, 0) is 14.3 Å². The average Bonchev–Trinajstić information content (AvgIpc) is 3.10. The van der Waals surface area contributed by atoms with Gasteiger partial charge in [0, 0.05) is 36.8 Å². The molecule has 0 unspecified atom stereocenters. The minimum absolute atomic E-state index is 0.0159. The number of hydrogen-bond acceptors (Lipinski definition) is 6. The Morgan fingerprint density at radius 1 is 1.06 bits per heavy atom. The molecule has 0 saturated carbocycles. The number of ether oxygens (including phenoxy) is 2. The molecule has 1 N–H and O–H groups in total. The standard InChI is InChI=1S/C27H31ClN2O5/c1-18(2)35-22-10-6-20(7-11-22)25(31)23-24(19-4-8-21(28)9-5-19)30(27(33)26(23)32)13-3-12-29-14-16-34-17-15-29/h4-11,18,24,31H,3,12-17H2,1-2H3/b25-23+/t24-/m1/s1. The summed E-state index contributed by atoms with van der Waals surface area (Å²) in [4.78, 5) is 30.1. The number of carbonyl (C=O) groups is 2. The number of hydrogen-bond donors (Lipinski definition) is 1. The molecule has 4 rings (SSSR count). The highest BCUT2D eigenvalue weighted by atomic mass is 35.5. The van der Waals surface area contributed by atoms with E-state index < -0.39 is 17.7 Å². The summed E-state index contributed by atoms with van der Waals surface area (Å²) in [7, 11) is 0. The van der Waals surface area contributed by atoms with Gasteiger partial charge in [-0.1, -0.05) is 23.7 Å². The maximum absolute atomic E-state index is 13.2. The third-order valence-corrected chi connectivity index (χ3v) is 6.45. The molecule has 1 amide bonds. The molecule has 2 aromatic rings. The summed E-state index contributed by atoms with van der Waals surface area (Å²) >= 11 is 6.09. The van der Waals surface area contributed by atoms with Crippen molar-refractivity contribution in [1.29, 1.82) is 0 Å². The summed E-state index contributed by atoms with van der Waals surface area (Å²) in [6.45, 7) is 8.18. The first-order valence-corrected chi connectivity index (χ1v) is 12.3. The quantitative estimate of drug-likeness (QED) is 0.332. The number of carbonyl (C=O) groups excluding carboxylic acids is 2. The lowest BCUT2D eigenvalue weighted by atomic mass is 9.95. The van der Waals surface area contributed by atoms with Gasteiger partial charge in [0.05, 0.1) is 30.9 Å². The van der Waals surface area contributed by atoms with Crippen LogP contribution >= 0.6 is 11.6 Å². The number of nitrogens with zero attached hydrogens (tertiary/aromatic N) is 2. The lowest BCUT2D eigenvalue weighted by Crippen LogP contribution is -2.38. The number of ketones is 1. The smallest absolute Gasteiger partial charge is 0.295 e. The predicted octanol–water partition coefficient (Wildman–Crippen LogP) is 4.27. The van der Waals surface area contributed by atoms with Gasteiger partial charge in [0.25, 0.3) is 11.7 Å². The van der Waals surface area contributed by atoms with Gasteiger partial charge < -0.3 is 19.5 Å². The van der Waals surface area contributed by atoms with Crippen LogP contribution < -0.4 is 4.74 Å². The van der Waals surface area contributed by atoms with Crippen molar-refractivity contribution in [3.8, 4) is 5.75 Å². The zero-order valence-corrected chi connectivity index (χ0v) is 20.8. The van der Waals surface area contributed by atoms with Crippen LogP contribution in [0, 0.1) is 0 Å². The lowest BCUT2D eigenvalue weighted by Gasteiger charge is -2.29. The number of benzene rings is 2. The number of aliphatic hydroxyl groups is 1. The summed E-state index contributed by atoms with van der Waals surface area (Å²) in [5, 5.41) is 11.8. The van der Waals surface area contributed by atoms with Crippen molar-refractivity contribution in [1.82, 2.24) is 9.80 Å². The van der Waals surface area contributed by atoms with E-state index >= 15 is 0 Å². The van der Waals surface area contributed by atoms with E-state index in [2.05, 4.69) is 4.90 Å². The van der Waals surface area contributed by atoms with Crippen LogP contribution in [0.3, 0.4) is 0 Å². The van der Waals surface area contributed by atoms with Crippen molar-refractivity contribution < 1.29 is 24.2 Å². The molecule has 0 bridgehead atoms. The summed E-state index contributed by atoms with van der Waals surface area (Å²) in [5.41, 5.74) is 1.26. The normalized spacial score (nSPS) is 20.6. The zero-order valence-electron chi connectivity index (χ0n) is 20.1. The molecule has 186 valence electrons. The van der Waals surface area contributed by atoms with Gasteiger partial charge in [-0.25, -0.2) is 0 Å². The molecule has 8 heteroatoms. The van der Waals surface area contributed by atoms with Crippen LogP contribution in [-0.4, -0.2) is 72.1 Å². The second kappa shape index (κ2) is 11.2. The Bertz CT molecular complexity index is 1080. The number of Topliss-reactive ketones (excluding diaryl/α,β-unsaturated/α-hetero) is 1. The topological polar surface area (TPSA) is 79.3 Å². The van der Waals surface area contributed by atoms with E-state index in [-0.39, 0.29) is 17.4 Å². The Labute approximate surface area is 210 Å². The molecule has 2 heterocycles. The van der Waals surface area contributed by atoms with Crippen LogP contribution in [0.2, 0.25) is 5.02 Å². The molecule has 7 nitrogen and oxygen atoms in total. The van der Waals surface area contributed by atoms with E-state index in [0.717, 1.165) is 25.2 Å². The monoisotopic (exact) mass is 498 g/mol. The number of morpholine rings is 1. The summed E-state index contributed by atoms with van der Waals surface area (Å²) in [6.07, 6.45) is 0.723. The number of amides is 1. The third kappa shape index (κ3) is 5.86. The summed E-state index contributed by atoms with van der Waals surface area (Å²) < 4.78 is 11.1. The molecule has 2 saturated heterocycles. The van der Waals surface area contributed by atoms with Gasteiger partial charge in [-0.05, 0) is 62.2 Å². The second-order valence-electron chi connectivity index (χ2n) is 9.04. The third-order valence-electron chi connectivity index (χ3n) is 6.20. The highest BCUT2D eigenvalue weighted by Gasteiger charge is 2.45. The van der Waals surface area contributed by atoms with Crippen LogP contribution in [0.4, 0.5) is 0 Å².